The van der Waals surface area contributed by atoms with Crippen molar-refractivity contribution in [3.8, 4) is 22.3 Å². The Morgan fingerprint density at radius 2 is 1.54 bits per heavy atom. The standard InChI is InChI=1S/C59H62N2OS/c1-6-8-20-48(30-31-49-32-35-58-56(41-49)23-11-9-10-14-40-63-58)21-15-19-46(4)59(61-36-7-2)57-44-55(33-28-45(57)3)54-27-17-26-53(43-54)52-25-16-24-51(42-52)50-22-12-13-37-60-38-18-39-62-47(5)29-34-50/h8-12,14-20,22-30,32-35,37-38,40-44,61H,6-7,13,21,31,36,39H2,1-5H3/b10-9?,19-15-,20-8-,22-12+,23-11?,38-18-,40-14?,47-29+,48-30+,50-34+,59-46-,60-37?. The van der Waals surface area contributed by atoms with Crippen molar-refractivity contribution in [3.63, 3.8) is 0 Å². The zero-order valence-electron chi connectivity index (χ0n) is 37.7. The fourth-order valence-electron chi connectivity index (χ4n) is 7.29. The molecule has 3 nitrogen and oxygen atoms in total. The summed E-state index contributed by atoms with van der Waals surface area (Å²) in [5.74, 6) is 0.859. The number of nitrogens with zero attached hydrogens (tertiary/aromatic N) is 1. The van der Waals surface area contributed by atoms with Gasteiger partial charge in [0.05, 0.1) is 5.76 Å². The number of nitrogens with one attached hydrogen (secondary N) is 1. The van der Waals surface area contributed by atoms with Crippen LogP contribution in [0.3, 0.4) is 0 Å². The molecule has 1 aliphatic rings. The molecule has 320 valence electrons. The molecule has 0 saturated heterocycles. The average Bonchev–Trinajstić information content (AvgIpc) is 3.43. The fourth-order valence-corrected chi connectivity index (χ4v) is 8.02. The smallest absolute Gasteiger partial charge is 0.108 e. The molecule has 2 heterocycles. The zero-order chi connectivity index (χ0) is 44.1. The number of hydrogen-bond acceptors (Lipinski definition) is 4. The minimum absolute atomic E-state index is 0.497. The molecule has 0 atom stereocenters. The highest BCUT2D eigenvalue weighted by Crippen LogP contribution is 2.32. The summed E-state index contributed by atoms with van der Waals surface area (Å²) in [7, 11) is 0. The maximum atomic E-state index is 5.84. The molecular formula is C59H62N2OS. The molecule has 63 heavy (non-hydrogen) atoms. The second-order valence-electron chi connectivity index (χ2n) is 15.7. The van der Waals surface area contributed by atoms with E-state index in [1.807, 2.05) is 25.3 Å². The molecule has 0 amide bonds. The molecule has 1 aromatic heterocycles. The van der Waals surface area contributed by atoms with Gasteiger partial charge in [-0.15, -0.1) is 11.3 Å². The maximum Gasteiger partial charge on any atom is 0.108 e. The van der Waals surface area contributed by atoms with Crippen LogP contribution in [0.1, 0.15) is 75.6 Å². The van der Waals surface area contributed by atoms with Crippen LogP contribution in [0.2, 0.25) is 0 Å². The lowest BCUT2D eigenvalue weighted by atomic mass is 9.93. The summed E-state index contributed by atoms with van der Waals surface area (Å²) in [4.78, 5) is 4.35. The normalized spacial score (nSPS) is 16.7. The fraction of sp³-hybridized carbons (Fsp3) is 0.203. The Morgan fingerprint density at radius 1 is 0.762 bits per heavy atom. The van der Waals surface area contributed by atoms with Gasteiger partial charge in [-0.3, -0.25) is 4.99 Å². The Kier molecular flexibility index (Phi) is 18.1. The van der Waals surface area contributed by atoms with Gasteiger partial charge in [-0.2, -0.15) is 0 Å². The van der Waals surface area contributed by atoms with Gasteiger partial charge in [-0.05, 0) is 149 Å². The summed E-state index contributed by atoms with van der Waals surface area (Å²) in [6, 6.07) is 42.0. The third-order valence-electron chi connectivity index (χ3n) is 10.8. The molecule has 4 heteroatoms. The van der Waals surface area contributed by atoms with E-state index in [0.29, 0.717) is 6.61 Å². The molecule has 1 aliphatic heterocycles. The van der Waals surface area contributed by atoms with Gasteiger partial charge in [-0.25, -0.2) is 0 Å². The minimum atomic E-state index is 0.497. The number of benzene rings is 4. The number of allylic oxidation sites excluding steroid dienone is 13. The molecule has 0 bridgehead atoms. The van der Waals surface area contributed by atoms with E-state index in [1.54, 1.807) is 17.5 Å². The molecule has 6 rings (SSSR count). The molecule has 0 unspecified atom stereocenters. The van der Waals surface area contributed by atoms with Crippen molar-refractivity contribution >= 4 is 38.9 Å². The minimum Gasteiger partial charge on any atom is -0.494 e. The summed E-state index contributed by atoms with van der Waals surface area (Å²) < 4.78 is 7.12. The Hall–Kier alpha value is -6.49. The summed E-state index contributed by atoms with van der Waals surface area (Å²) >= 11 is 1.77. The van der Waals surface area contributed by atoms with E-state index in [-0.39, 0.29) is 0 Å². The average molecular weight is 847 g/mol. The quantitative estimate of drug-likeness (QED) is 0.113. The van der Waals surface area contributed by atoms with Crippen LogP contribution in [-0.4, -0.2) is 19.4 Å². The van der Waals surface area contributed by atoms with Crippen molar-refractivity contribution in [2.75, 3.05) is 13.2 Å². The van der Waals surface area contributed by atoms with Crippen molar-refractivity contribution in [3.05, 3.63) is 227 Å². The van der Waals surface area contributed by atoms with Gasteiger partial charge in [0, 0.05) is 41.3 Å². The van der Waals surface area contributed by atoms with Crippen molar-refractivity contribution in [2.24, 2.45) is 4.99 Å². The summed E-state index contributed by atoms with van der Waals surface area (Å²) in [6.07, 6.45) is 30.2. The van der Waals surface area contributed by atoms with Gasteiger partial charge in [0.25, 0.3) is 0 Å². The van der Waals surface area contributed by atoms with E-state index < -0.39 is 0 Å². The number of hydrogen-bond donors (Lipinski definition) is 1. The largest absolute Gasteiger partial charge is 0.494 e. The van der Waals surface area contributed by atoms with E-state index in [9.17, 15) is 0 Å². The summed E-state index contributed by atoms with van der Waals surface area (Å²) in [6.45, 7) is 12.3. The number of fused-ring (bicyclic) bond motifs is 1. The third-order valence-corrected chi connectivity index (χ3v) is 11.7. The molecule has 0 spiro atoms. The Balaban J connectivity index is 1.25. The lowest BCUT2D eigenvalue weighted by Gasteiger charge is -2.17. The molecular weight excluding hydrogens is 785 g/mol. The number of ether oxygens (including phenoxy) is 1. The zero-order valence-corrected chi connectivity index (χ0v) is 38.5. The highest BCUT2D eigenvalue weighted by Gasteiger charge is 2.11. The van der Waals surface area contributed by atoms with Crippen molar-refractivity contribution < 1.29 is 4.74 Å². The molecule has 0 radical (unpaired) electrons. The second-order valence-corrected chi connectivity index (χ2v) is 16.7. The van der Waals surface area contributed by atoms with Crippen LogP contribution in [0, 0.1) is 6.92 Å². The lowest BCUT2D eigenvalue weighted by Crippen LogP contribution is -2.15. The predicted molar refractivity (Wildman–Crippen MR) is 276 cm³/mol. The van der Waals surface area contributed by atoms with Crippen LogP contribution in [0.5, 0.6) is 0 Å². The molecule has 4 aromatic carbocycles. The van der Waals surface area contributed by atoms with Gasteiger partial charge in [0.15, 0.2) is 0 Å². The van der Waals surface area contributed by atoms with E-state index >= 15 is 0 Å². The molecule has 5 aromatic rings. The number of aliphatic imine (C=N–C) groups is 1. The van der Waals surface area contributed by atoms with Gasteiger partial charge in [0.1, 0.15) is 6.61 Å². The van der Waals surface area contributed by atoms with Crippen LogP contribution in [-0.2, 0) is 11.2 Å². The first-order chi connectivity index (χ1) is 30.9. The Bertz CT molecular complexity index is 2660. The second kappa shape index (κ2) is 24.8. The highest BCUT2D eigenvalue weighted by molar-refractivity contribution is 7.16. The van der Waals surface area contributed by atoms with Crippen molar-refractivity contribution in [1.82, 2.24) is 5.32 Å². The molecule has 0 fully saturated rings. The van der Waals surface area contributed by atoms with Crippen LogP contribution in [0.15, 0.2) is 209 Å². The molecule has 1 N–H and O–H groups in total. The van der Waals surface area contributed by atoms with Crippen molar-refractivity contribution in [1.29, 1.82) is 0 Å². The first-order valence-corrected chi connectivity index (χ1v) is 23.2. The molecule has 0 aliphatic carbocycles. The third kappa shape index (κ3) is 14.3. The van der Waals surface area contributed by atoms with Crippen molar-refractivity contribution in [2.45, 2.75) is 66.7 Å². The van der Waals surface area contributed by atoms with E-state index in [0.717, 1.165) is 55.5 Å². The monoisotopic (exact) mass is 846 g/mol. The van der Waals surface area contributed by atoms with E-state index in [1.165, 1.54) is 65.9 Å². The highest BCUT2D eigenvalue weighted by atomic mass is 32.1. The predicted octanol–water partition coefficient (Wildman–Crippen LogP) is 16.3. The van der Waals surface area contributed by atoms with Crippen LogP contribution >= 0.6 is 11.3 Å². The van der Waals surface area contributed by atoms with E-state index in [4.69, 9.17) is 4.74 Å². The van der Waals surface area contributed by atoms with Gasteiger partial charge < -0.3 is 10.1 Å². The number of rotatable bonds is 14. The van der Waals surface area contributed by atoms with Crippen LogP contribution in [0.4, 0.5) is 0 Å². The Labute approximate surface area is 381 Å². The SMILES string of the molecule is CC/C=C\C(=C/Cc1ccc2sccccccc2c1)C/C=C\C(C)=C(/NCCC)c1cc(-c2cccc(-c3cccc(C4=C/C=C(\C)OC/C=C\N=CC\C=C\4)c3)c2)ccc1C. The summed E-state index contributed by atoms with van der Waals surface area (Å²) in [5.41, 5.74) is 14.5. The molecule has 0 saturated carbocycles. The van der Waals surface area contributed by atoms with Crippen LogP contribution in [0.25, 0.3) is 43.6 Å². The van der Waals surface area contributed by atoms with Gasteiger partial charge in [-0.1, -0.05) is 153 Å². The maximum absolute atomic E-state index is 5.84. The van der Waals surface area contributed by atoms with Gasteiger partial charge in [0.2, 0.25) is 0 Å². The first-order valence-electron chi connectivity index (χ1n) is 22.3. The topological polar surface area (TPSA) is 33.6 Å². The lowest BCUT2D eigenvalue weighted by molar-refractivity contribution is 0.250. The van der Waals surface area contributed by atoms with E-state index in [2.05, 4.69) is 207 Å². The first kappa shape index (κ1) is 46.0. The van der Waals surface area contributed by atoms with Gasteiger partial charge >= 0.3 is 0 Å². The number of aryl methyl sites for hydroxylation is 1. The Morgan fingerprint density at radius 3 is 2.35 bits per heavy atom. The summed E-state index contributed by atoms with van der Waals surface area (Å²) in [5, 5.41) is 7.22. The van der Waals surface area contributed by atoms with Crippen LogP contribution < -0.4 is 5.32 Å².